The monoisotopic (exact) mass is 363 g/mol. The molecule has 1 fully saturated rings. The normalized spacial score (nSPS) is 14.1. The van der Waals surface area contributed by atoms with Crippen LogP contribution in [0.3, 0.4) is 0 Å². The third-order valence-electron chi connectivity index (χ3n) is 4.76. The highest BCUT2D eigenvalue weighted by molar-refractivity contribution is 6.09. The molecule has 0 aliphatic carbocycles. The molecule has 0 saturated carbocycles. The first-order chi connectivity index (χ1) is 13.0. The molecule has 1 aliphatic heterocycles. The van der Waals surface area contributed by atoms with Gasteiger partial charge in [-0.3, -0.25) is 4.79 Å². The van der Waals surface area contributed by atoms with Crippen molar-refractivity contribution in [2.75, 3.05) is 23.3 Å². The zero-order chi connectivity index (χ0) is 19.4. The second-order valence-electron chi connectivity index (χ2n) is 6.84. The van der Waals surface area contributed by atoms with Crippen LogP contribution in [0.15, 0.2) is 42.0 Å². The van der Waals surface area contributed by atoms with Gasteiger partial charge in [0.25, 0.3) is 5.91 Å². The Morgan fingerprint density at radius 3 is 2.48 bits per heavy atom. The van der Waals surface area contributed by atoms with Crippen molar-refractivity contribution in [3.05, 3.63) is 64.5 Å². The Kier molecular flexibility index (Phi) is 5.56. The smallest absolute Gasteiger partial charge is 0.266 e. The molecule has 4 nitrogen and oxygen atoms in total. The minimum atomic E-state index is -0.509. The van der Waals surface area contributed by atoms with Gasteiger partial charge in [-0.25, -0.2) is 4.39 Å². The predicted octanol–water partition coefficient (Wildman–Crippen LogP) is 4.59. The van der Waals surface area contributed by atoms with Crippen LogP contribution in [0.25, 0.3) is 6.08 Å². The maximum absolute atomic E-state index is 14.6. The van der Waals surface area contributed by atoms with Gasteiger partial charge in [0.15, 0.2) is 0 Å². The quantitative estimate of drug-likeness (QED) is 0.638. The van der Waals surface area contributed by atoms with Crippen molar-refractivity contribution >= 4 is 23.4 Å². The van der Waals surface area contributed by atoms with Gasteiger partial charge in [-0.2, -0.15) is 5.26 Å². The number of nitriles is 1. The third-order valence-corrected chi connectivity index (χ3v) is 4.76. The molecule has 1 amide bonds. The Morgan fingerprint density at radius 1 is 1.19 bits per heavy atom. The number of amides is 1. The van der Waals surface area contributed by atoms with E-state index in [0.717, 1.165) is 37.1 Å². The number of hydrogen-bond acceptors (Lipinski definition) is 3. The van der Waals surface area contributed by atoms with Crippen LogP contribution in [0.2, 0.25) is 0 Å². The number of hydrogen-bond donors (Lipinski definition) is 1. The average molecular weight is 363 g/mol. The van der Waals surface area contributed by atoms with Crippen molar-refractivity contribution in [2.24, 2.45) is 0 Å². The Morgan fingerprint density at radius 2 is 1.85 bits per heavy atom. The fraction of sp³-hybridized carbons (Fsp3) is 0.273. The minimum absolute atomic E-state index is 0.0630. The second kappa shape index (κ2) is 8.05. The SMILES string of the molecule is Cc1ccc(NC(=O)/C(C#N)=C\c2cc(F)c(N3CCCC3)cc2C)cc1. The highest BCUT2D eigenvalue weighted by Crippen LogP contribution is 2.28. The summed E-state index contributed by atoms with van der Waals surface area (Å²) in [4.78, 5) is 14.4. The molecule has 2 aromatic carbocycles. The summed E-state index contributed by atoms with van der Waals surface area (Å²) in [6.07, 6.45) is 3.57. The van der Waals surface area contributed by atoms with Gasteiger partial charge >= 0.3 is 0 Å². The fourth-order valence-electron chi connectivity index (χ4n) is 3.18. The molecule has 2 aromatic rings. The minimum Gasteiger partial charge on any atom is -0.369 e. The van der Waals surface area contributed by atoms with Crippen LogP contribution in [0, 0.1) is 31.0 Å². The van der Waals surface area contributed by atoms with E-state index >= 15 is 0 Å². The maximum atomic E-state index is 14.6. The van der Waals surface area contributed by atoms with Crippen molar-refractivity contribution < 1.29 is 9.18 Å². The Hall–Kier alpha value is -3.13. The Labute approximate surface area is 158 Å². The van der Waals surface area contributed by atoms with E-state index in [9.17, 15) is 14.4 Å². The van der Waals surface area contributed by atoms with E-state index in [4.69, 9.17) is 0 Å². The second-order valence-corrected chi connectivity index (χ2v) is 6.84. The zero-order valence-electron chi connectivity index (χ0n) is 15.6. The number of aryl methyl sites for hydroxylation is 2. The Balaban J connectivity index is 1.84. The van der Waals surface area contributed by atoms with Crippen molar-refractivity contribution in [2.45, 2.75) is 26.7 Å². The molecule has 0 atom stereocenters. The van der Waals surface area contributed by atoms with Crippen LogP contribution in [0.4, 0.5) is 15.8 Å². The topological polar surface area (TPSA) is 56.1 Å². The summed E-state index contributed by atoms with van der Waals surface area (Å²) in [6.45, 7) is 5.52. The number of nitrogens with one attached hydrogen (secondary N) is 1. The lowest BCUT2D eigenvalue weighted by Crippen LogP contribution is -2.19. The molecule has 1 aliphatic rings. The number of anilines is 2. The number of carbonyl (C=O) groups excluding carboxylic acids is 1. The molecule has 1 N–H and O–H groups in total. The van der Waals surface area contributed by atoms with E-state index in [2.05, 4.69) is 5.32 Å². The molecule has 138 valence electrons. The Bertz CT molecular complexity index is 920. The lowest BCUT2D eigenvalue weighted by Gasteiger charge is -2.19. The summed E-state index contributed by atoms with van der Waals surface area (Å²) in [7, 11) is 0. The molecule has 0 radical (unpaired) electrons. The first-order valence-corrected chi connectivity index (χ1v) is 9.03. The van der Waals surface area contributed by atoms with Gasteiger partial charge in [0.1, 0.15) is 17.5 Å². The van der Waals surface area contributed by atoms with Crippen LogP contribution in [-0.2, 0) is 4.79 Å². The first-order valence-electron chi connectivity index (χ1n) is 9.03. The van der Waals surface area contributed by atoms with Crippen LogP contribution in [-0.4, -0.2) is 19.0 Å². The third kappa shape index (κ3) is 4.35. The highest BCUT2D eigenvalue weighted by Gasteiger charge is 2.18. The van der Waals surface area contributed by atoms with E-state index in [-0.39, 0.29) is 11.4 Å². The molecule has 0 spiro atoms. The zero-order valence-corrected chi connectivity index (χ0v) is 15.6. The molecule has 5 heteroatoms. The standard InChI is InChI=1S/C22H22FN3O/c1-15-5-7-19(8-6-15)25-22(27)18(14-24)12-17-13-20(23)21(11-16(17)2)26-9-3-4-10-26/h5-8,11-13H,3-4,9-10H2,1-2H3,(H,25,27)/b18-12-. The van der Waals surface area contributed by atoms with Crippen LogP contribution < -0.4 is 10.2 Å². The van der Waals surface area contributed by atoms with E-state index in [1.165, 1.54) is 12.1 Å². The molecule has 1 heterocycles. The molecule has 3 rings (SSSR count). The van der Waals surface area contributed by atoms with Crippen LogP contribution in [0.1, 0.15) is 29.5 Å². The molecule has 0 unspecified atom stereocenters. The number of rotatable bonds is 4. The summed E-state index contributed by atoms with van der Waals surface area (Å²) < 4.78 is 14.6. The van der Waals surface area contributed by atoms with E-state index in [1.54, 1.807) is 18.2 Å². The van der Waals surface area contributed by atoms with Gasteiger partial charge in [0.05, 0.1) is 5.69 Å². The van der Waals surface area contributed by atoms with E-state index in [1.807, 2.05) is 36.9 Å². The number of halogens is 1. The predicted molar refractivity (Wildman–Crippen MR) is 106 cm³/mol. The van der Waals surface area contributed by atoms with Gasteiger partial charge in [-0.1, -0.05) is 17.7 Å². The molecule has 1 saturated heterocycles. The van der Waals surface area contributed by atoms with Gasteiger partial charge in [-0.05, 0) is 68.2 Å². The largest absolute Gasteiger partial charge is 0.369 e. The molecule has 27 heavy (non-hydrogen) atoms. The van der Waals surface area contributed by atoms with Crippen molar-refractivity contribution in [1.82, 2.24) is 0 Å². The van der Waals surface area contributed by atoms with Crippen LogP contribution in [0.5, 0.6) is 0 Å². The first kappa shape index (κ1) is 18.7. The lowest BCUT2D eigenvalue weighted by molar-refractivity contribution is -0.112. The van der Waals surface area contributed by atoms with E-state index < -0.39 is 5.91 Å². The highest BCUT2D eigenvalue weighted by atomic mass is 19.1. The molecule has 0 bridgehead atoms. The van der Waals surface area contributed by atoms with Crippen molar-refractivity contribution in [1.29, 1.82) is 5.26 Å². The maximum Gasteiger partial charge on any atom is 0.266 e. The van der Waals surface area contributed by atoms with Gasteiger partial charge in [0.2, 0.25) is 0 Å². The van der Waals surface area contributed by atoms with Crippen LogP contribution >= 0.6 is 0 Å². The lowest BCUT2D eigenvalue weighted by atomic mass is 10.0. The van der Waals surface area contributed by atoms with Crippen molar-refractivity contribution in [3.63, 3.8) is 0 Å². The van der Waals surface area contributed by atoms with Gasteiger partial charge in [-0.15, -0.1) is 0 Å². The molecular formula is C22H22FN3O. The van der Waals surface area contributed by atoms with Gasteiger partial charge < -0.3 is 10.2 Å². The molecular weight excluding hydrogens is 341 g/mol. The summed E-state index contributed by atoms with van der Waals surface area (Å²) >= 11 is 0. The number of benzene rings is 2. The summed E-state index contributed by atoms with van der Waals surface area (Å²) in [5.41, 5.74) is 3.57. The summed E-state index contributed by atoms with van der Waals surface area (Å²) in [5, 5.41) is 12.1. The number of carbonyl (C=O) groups is 1. The number of nitrogens with zero attached hydrogens (tertiary/aromatic N) is 2. The van der Waals surface area contributed by atoms with Gasteiger partial charge in [0, 0.05) is 18.8 Å². The summed E-state index contributed by atoms with van der Waals surface area (Å²) in [6, 6.07) is 12.4. The average Bonchev–Trinajstić information content (AvgIpc) is 3.18. The van der Waals surface area contributed by atoms with Crippen molar-refractivity contribution in [3.8, 4) is 6.07 Å². The molecule has 0 aromatic heterocycles. The fourth-order valence-corrected chi connectivity index (χ4v) is 3.18. The van der Waals surface area contributed by atoms with E-state index in [0.29, 0.717) is 16.9 Å². The summed E-state index contributed by atoms with van der Waals surface area (Å²) in [5.74, 6) is -0.838.